The lowest BCUT2D eigenvalue weighted by atomic mass is 10.1. The first-order chi connectivity index (χ1) is 23.4. The smallest absolute Gasteiger partial charge is 0.332 e. The maximum atomic E-state index is 14.2. The molecule has 13 nitrogen and oxygen atoms in total. The topological polar surface area (TPSA) is 176 Å². The fraction of sp³-hybridized carbons (Fsp3) is 0.333. The van der Waals surface area contributed by atoms with Gasteiger partial charge in [-0.1, -0.05) is 72.8 Å². The first-order valence-corrected chi connectivity index (χ1v) is 16.0. The van der Waals surface area contributed by atoms with Gasteiger partial charge >= 0.3 is 6.03 Å². The van der Waals surface area contributed by atoms with Crippen molar-refractivity contribution in [3.8, 4) is 0 Å². The van der Waals surface area contributed by atoms with Crippen LogP contribution in [0, 0.1) is 0 Å². The molecular weight excluding hydrogens is 626 g/mol. The number of hydrogen-bond acceptors (Lipinski definition) is 8. The Morgan fingerprint density at radius 1 is 0.939 bits per heavy atom. The number of primary amides is 1. The highest BCUT2D eigenvalue weighted by atomic mass is 16.5. The third kappa shape index (κ3) is 11.2. The summed E-state index contributed by atoms with van der Waals surface area (Å²) < 4.78 is 5.75. The molecule has 0 saturated heterocycles. The lowest BCUT2D eigenvalue weighted by molar-refractivity contribution is -0.128. The number of para-hydroxylation sites is 2. The second kappa shape index (κ2) is 16.9. The second-order valence-electron chi connectivity index (χ2n) is 12.6. The number of hydrogen-bond donors (Lipinski definition) is 4. The van der Waals surface area contributed by atoms with Gasteiger partial charge < -0.3 is 30.8 Å². The molecule has 0 bridgehead atoms. The zero-order chi connectivity index (χ0) is 35.4. The van der Waals surface area contributed by atoms with E-state index < -0.39 is 42.1 Å². The number of nitrogens with zero attached hydrogens (tertiary/aromatic N) is 3. The maximum absolute atomic E-state index is 14.2. The van der Waals surface area contributed by atoms with E-state index in [4.69, 9.17) is 10.5 Å². The average molecular weight is 670 g/mol. The Morgan fingerprint density at radius 3 is 2.16 bits per heavy atom. The molecule has 0 aliphatic carbocycles. The largest absolute Gasteiger partial charge is 0.474 e. The van der Waals surface area contributed by atoms with Crippen molar-refractivity contribution in [1.82, 2.24) is 16.1 Å². The van der Waals surface area contributed by atoms with E-state index in [1.807, 2.05) is 77.7 Å². The number of benzene rings is 3. The Labute approximate surface area is 285 Å². The molecule has 0 unspecified atom stereocenters. The van der Waals surface area contributed by atoms with E-state index in [0.29, 0.717) is 30.6 Å². The van der Waals surface area contributed by atoms with Gasteiger partial charge in [0.15, 0.2) is 0 Å². The summed E-state index contributed by atoms with van der Waals surface area (Å²) in [6, 6.07) is 23.5. The number of aryl methyl sites for hydroxylation is 1. The molecule has 5 N–H and O–H groups in total. The molecule has 1 aliphatic rings. The van der Waals surface area contributed by atoms with Crippen LogP contribution in [0.2, 0.25) is 0 Å². The number of carbonyl (C=O) groups excluding carboxylic acids is 5. The van der Waals surface area contributed by atoms with E-state index in [2.05, 4.69) is 21.2 Å². The zero-order valence-electron chi connectivity index (χ0n) is 27.9. The van der Waals surface area contributed by atoms with E-state index >= 15 is 0 Å². The van der Waals surface area contributed by atoms with Gasteiger partial charge in [0.2, 0.25) is 17.7 Å². The predicted octanol–water partition coefficient (Wildman–Crippen LogP) is 3.03. The highest BCUT2D eigenvalue weighted by molar-refractivity contribution is 6.06. The number of hydrazone groups is 1. The number of nitrogens with one attached hydrogen (secondary N) is 3. The first-order valence-electron chi connectivity index (χ1n) is 16.0. The van der Waals surface area contributed by atoms with Gasteiger partial charge in [0, 0.05) is 19.5 Å². The molecule has 49 heavy (non-hydrogen) atoms. The van der Waals surface area contributed by atoms with E-state index in [1.54, 1.807) is 32.9 Å². The third-order valence-corrected chi connectivity index (χ3v) is 7.44. The summed E-state index contributed by atoms with van der Waals surface area (Å²) >= 11 is 0. The number of fused-ring (bicyclic) bond motifs is 1. The fourth-order valence-corrected chi connectivity index (χ4v) is 5.35. The number of amides is 5. The van der Waals surface area contributed by atoms with E-state index in [9.17, 15) is 24.0 Å². The summed E-state index contributed by atoms with van der Waals surface area (Å²) in [6.45, 7) is 5.42. The molecule has 0 fully saturated rings. The van der Waals surface area contributed by atoms with E-state index in [0.717, 1.165) is 11.1 Å². The van der Waals surface area contributed by atoms with Crippen molar-refractivity contribution in [2.45, 2.75) is 64.3 Å². The second-order valence-corrected chi connectivity index (χ2v) is 12.6. The van der Waals surface area contributed by atoms with Crippen LogP contribution >= 0.6 is 0 Å². The molecule has 5 amide bonds. The number of rotatable bonds is 13. The summed E-state index contributed by atoms with van der Waals surface area (Å²) in [5.41, 5.74) is 9.66. The van der Waals surface area contributed by atoms with Crippen molar-refractivity contribution >= 4 is 47.3 Å². The standard InChI is InChI=1S/C36H43N7O6/c1-36(2,3)49-33(40-41-35(37)48)20-27(24-44)38-32(46)23-43-30-17-11-10-16-29(30)42(21-26-14-8-5-9-15-26)22-28(34(43)47)39-31(45)19-18-25-12-6-4-7-13-25/h4-17,24,27-28H,18-23H2,1-3H3,(H,38,46)(H,39,45)(H3,37,41,48)/t27-,28-/m0/s1. The minimum Gasteiger partial charge on any atom is -0.474 e. The number of anilines is 2. The van der Waals surface area contributed by atoms with E-state index in [1.165, 1.54) is 4.90 Å². The number of urea groups is 1. The summed E-state index contributed by atoms with van der Waals surface area (Å²) in [7, 11) is 0. The molecule has 1 aliphatic heterocycles. The van der Waals surface area contributed by atoms with E-state index in [-0.39, 0.29) is 31.2 Å². The van der Waals surface area contributed by atoms with Crippen LogP contribution in [0.15, 0.2) is 90.0 Å². The highest BCUT2D eigenvalue weighted by Gasteiger charge is 2.36. The quantitative estimate of drug-likeness (QED) is 0.0936. The summed E-state index contributed by atoms with van der Waals surface area (Å²) in [5.74, 6) is -1.44. The molecule has 4 rings (SSSR count). The SMILES string of the molecule is CC(C)(C)OC(C[C@@H](C=O)NC(=O)CN1C(=O)[C@@H](NC(=O)CCc2ccccc2)CN(Cc2ccccc2)c2ccccc21)=NNC(N)=O. The monoisotopic (exact) mass is 669 g/mol. The molecule has 0 spiro atoms. The van der Waals surface area contributed by atoms with Crippen molar-refractivity contribution in [2.24, 2.45) is 10.8 Å². The van der Waals surface area contributed by atoms with Crippen LogP contribution in [0.5, 0.6) is 0 Å². The fourth-order valence-electron chi connectivity index (χ4n) is 5.35. The Balaban J connectivity index is 1.58. The van der Waals surface area contributed by atoms with Crippen LogP contribution in [0.25, 0.3) is 0 Å². The summed E-state index contributed by atoms with van der Waals surface area (Å²) in [5, 5.41) is 9.38. The molecule has 2 atom stereocenters. The van der Waals surface area contributed by atoms with Crippen LogP contribution in [-0.2, 0) is 36.9 Å². The number of aldehydes is 1. The lowest BCUT2D eigenvalue weighted by Crippen LogP contribution is -2.54. The van der Waals surface area contributed by atoms with Crippen LogP contribution < -0.4 is 31.6 Å². The van der Waals surface area contributed by atoms with Crippen molar-refractivity contribution in [1.29, 1.82) is 0 Å². The zero-order valence-corrected chi connectivity index (χ0v) is 27.9. The van der Waals surface area contributed by atoms with Gasteiger partial charge in [-0.25, -0.2) is 10.2 Å². The van der Waals surface area contributed by atoms with Gasteiger partial charge in [-0.3, -0.25) is 19.3 Å². The molecular formula is C36H43N7O6. The Bertz CT molecular complexity index is 1640. The van der Waals surface area contributed by atoms with Crippen LogP contribution in [-0.4, -0.2) is 66.7 Å². The highest BCUT2D eigenvalue weighted by Crippen LogP contribution is 2.33. The van der Waals surface area contributed by atoms with Crippen molar-refractivity contribution in [3.05, 3.63) is 96.1 Å². The number of carbonyl (C=O) groups is 5. The molecule has 1 heterocycles. The molecule has 13 heteroatoms. The van der Waals surface area contributed by atoms with Crippen LogP contribution in [0.1, 0.15) is 44.7 Å². The number of nitrogens with two attached hydrogens (primary N) is 1. The van der Waals surface area contributed by atoms with Gasteiger partial charge in [0.25, 0.3) is 5.91 Å². The third-order valence-electron chi connectivity index (χ3n) is 7.44. The van der Waals surface area contributed by atoms with Gasteiger partial charge in [-0.05, 0) is 50.5 Å². The Kier molecular flexibility index (Phi) is 12.5. The van der Waals surface area contributed by atoms with Gasteiger partial charge in [0.1, 0.15) is 24.5 Å². The molecule has 0 radical (unpaired) electrons. The van der Waals surface area contributed by atoms with Gasteiger partial charge in [-0.2, -0.15) is 0 Å². The summed E-state index contributed by atoms with van der Waals surface area (Å²) in [4.78, 5) is 67.6. The molecule has 3 aromatic rings. The number of ether oxygens (including phenoxy) is 1. The molecule has 3 aromatic carbocycles. The Morgan fingerprint density at radius 2 is 1.55 bits per heavy atom. The normalized spacial score (nSPS) is 15.4. The summed E-state index contributed by atoms with van der Waals surface area (Å²) in [6.07, 6.45) is 0.994. The minimum absolute atomic E-state index is 0.0327. The first kappa shape index (κ1) is 36.1. The van der Waals surface area contributed by atoms with Gasteiger partial charge in [-0.15, -0.1) is 5.10 Å². The maximum Gasteiger partial charge on any atom is 0.332 e. The predicted molar refractivity (Wildman–Crippen MR) is 187 cm³/mol. The lowest BCUT2D eigenvalue weighted by Gasteiger charge is -2.27. The molecule has 0 aromatic heterocycles. The molecule has 0 saturated carbocycles. The van der Waals surface area contributed by atoms with Crippen molar-refractivity contribution in [2.75, 3.05) is 22.9 Å². The average Bonchev–Trinajstić information content (AvgIpc) is 3.17. The Hall–Kier alpha value is -5.72. The van der Waals surface area contributed by atoms with Crippen LogP contribution in [0.4, 0.5) is 16.2 Å². The van der Waals surface area contributed by atoms with Crippen molar-refractivity contribution < 1.29 is 28.7 Å². The van der Waals surface area contributed by atoms with Crippen LogP contribution in [0.3, 0.4) is 0 Å². The molecule has 258 valence electrons. The minimum atomic E-state index is -1.11. The van der Waals surface area contributed by atoms with Gasteiger partial charge in [0.05, 0.1) is 23.8 Å². The van der Waals surface area contributed by atoms with Crippen molar-refractivity contribution in [3.63, 3.8) is 0 Å².